The summed E-state index contributed by atoms with van der Waals surface area (Å²) in [7, 11) is -3.61. The summed E-state index contributed by atoms with van der Waals surface area (Å²) in [5, 5.41) is 12.4. The normalized spacial score (nSPS) is 13.7. The molecule has 0 bridgehead atoms. The van der Waals surface area contributed by atoms with E-state index >= 15 is 0 Å². The molecule has 0 rings (SSSR count). The van der Waals surface area contributed by atoms with Gasteiger partial charge in [0.25, 0.3) is 0 Å². The van der Waals surface area contributed by atoms with Crippen molar-refractivity contribution in [2.75, 3.05) is 24.7 Å². The van der Waals surface area contributed by atoms with Crippen LogP contribution in [0.15, 0.2) is 0 Å². The van der Waals surface area contributed by atoms with Crippen LogP contribution in [0.4, 0.5) is 0 Å². The number of ether oxygens (including phenoxy) is 1. The molecule has 0 aromatic carbocycles. The van der Waals surface area contributed by atoms with E-state index in [9.17, 15) is 18.3 Å². The highest BCUT2D eigenvalue weighted by molar-refractivity contribution is 7.92. The molecule has 0 aliphatic carbocycles. The van der Waals surface area contributed by atoms with Gasteiger partial charge in [0.2, 0.25) is 0 Å². The van der Waals surface area contributed by atoms with E-state index in [2.05, 4.69) is 10.1 Å². The van der Waals surface area contributed by atoms with E-state index < -0.39 is 33.4 Å². The lowest BCUT2D eigenvalue weighted by molar-refractivity contribution is -0.139. The van der Waals surface area contributed by atoms with Gasteiger partial charge in [0.15, 0.2) is 9.84 Å². The van der Waals surface area contributed by atoms with Crippen molar-refractivity contribution in [1.82, 2.24) is 5.32 Å². The van der Waals surface area contributed by atoms with Gasteiger partial charge in [-0.2, -0.15) is 0 Å². The summed E-state index contributed by atoms with van der Waals surface area (Å²) in [6.45, 7) is 5.71. The molecule has 0 aliphatic rings. The van der Waals surface area contributed by atoms with E-state index in [1.807, 2.05) is 13.8 Å². The van der Waals surface area contributed by atoms with Gasteiger partial charge in [-0.3, -0.25) is 4.79 Å². The van der Waals surface area contributed by atoms with Crippen molar-refractivity contribution in [3.63, 3.8) is 0 Å². The Bertz CT molecular complexity index is 326. The topological polar surface area (TPSA) is 92.7 Å². The lowest BCUT2D eigenvalue weighted by atomic mass is 10.3. The fraction of sp³-hybridized carbons (Fsp3) is 0.900. The van der Waals surface area contributed by atoms with Crippen LogP contribution in [-0.4, -0.2) is 56.3 Å². The van der Waals surface area contributed by atoms with E-state index in [1.165, 1.54) is 0 Å². The third kappa shape index (κ3) is 9.08. The quantitative estimate of drug-likeness (QED) is 0.566. The molecule has 7 heteroatoms. The minimum Gasteiger partial charge on any atom is -0.465 e. The standard InChI is InChI=1S/C10H21NO5S/c1-4-16-10(13)7-17(14,15)6-9(12)5-11-8(2)3/h8-9,11-12H,4-7H2,1-3H3. The molecule has 2 N–H and O–H groups in total. The molecule has 0 heterocycles. The van der Waals surface area contributed by atoms with Crippen LogP contribution in [-0.2, 0) is 19.4 Å². The Labute approximate surface area is 102 Å². The molecule has 1 unspecified atom stereocenters. The second kappa shape index (κ2) is 7.62. The number of hydrogen-bond donors (Lipinski definition) is 2. The Morgan fingerprint density at radius 1 is 1.41 bits per heavy atom. The average molecular weight is 267 g/mol. The number of aliphatic hydroxyl groups excluding tert-OH is 1. The number of esters is 1. The Morgan fingerprint density at radius 3 is 2.47 bits per heavy atom. The molecule has 0 radical (unpaired) electrons. The van der Waals surface area contributed by atoms with Gasteiger partial charge in [-0.05, 0) is 6.92 Å². The molecule has 0 spiro atoms. The molecule has 102 valence electrons. The van der Waals surface area contributed by atoms with Crippen LogP contribution in [0.3, 0.4) is 0 Å². The van der Waals surface area contributed by atoms with Gasteiger partial charge in [0.05, 0.1) is 18.5 Å². The van der Waals surface area contributed by atoms with Crippen LogP contribution in [0.1, 0.15) is 20.8 Å². The Kier molecular flexibility index (Phi) is 7.33. The van der Waals surface area contributed by atoms with Gasteiger partial charge >= 0.3 is 5.97 Å². The first kappa shape index (κ1) is 16.3. The summed E-state index contributed by atoms with van der Waals surface area (Å²) >= 11 is 0. The van der Waals surface area contributed by atoms with Crippen molar-refractivity contribution >= 4 is 15.8 Å². The number of aliphatic hydroxyl groups is 1. The van der Waals surface area contributed by atoms with Gasteiger partial charge in [-0.1, -0.05) is 13.8 Å². The first-order valence-electron chi connectivity index (χ1n) is 5.54. The van der Waals surface area contributed by atoms with E-state index in [4.69, 9.17) is 0 Å². The number of nitrogens with one attached hydrogen (secondary N) is 1. The maximum Gasteiger partial charge on any atom is 0.321 e. The monoisotopic (exact) mass is 267 g/mol. The van der Waals surface area contributed by atoms with Crippen molar-refractivity contribution in [1.29, 1.82) is 0 Å². The van der Waals surface area contributed by atoms with Crippen LogP contribution in [0, 0.1) is 0 Å². The predicted molar refractivity (Wildman–Crippen MR) is 64.4 cm³/mol. The Hall–Kier alpha value is -0.660. The summed E-state index contributed by atoms with van der Waals surface area (Å²) in [5.41, 5.74) is 0. The summed E-state index contributed by atoms with van der Waals surface area (Å²) in [6.07, 6.45) is -1.02. The smallest absolute Gasteiger partial charge is 0.321 e. The van der Waals surface area contributed by atoms with Gasteiger partial charge in [0.1, 0.15) is 5.75 Å². The molecule has 1 atom stereocenters. The minimum absolute atomic E-state index is 0.145. The molecule has 0 fully saturated rings. The molecule has 0 saturated carbocycles. The van der Waals surface area contributed by atoms with Gasteiger partial charge in [-0.15, -0.1) is 0 Å². The summed E-state index contributed by atoms with van der Waals surface area (Å²) < 4.78 is 27.5. The fourth-order valence-corrected chi connectivity index (χ4v) is 2.43. The van der Waals surface area contributed by atoms with Crippen molar-refractivity contribution in [2.45, 2.75) is 32.9 Å². The lowest BCUT2D eigenvalue weighted by Crippen LogP contribution is -2.37. The van der Waals surface area contributed by atoms with Crippen molar-refractivity contribution in [3.05, 3.63) is 0 Å². The molecule has 0 aromatic heterocycles. The SMILES string of the molecule is CCOC(=O)CS(=O)(=O)CC(O)CNC(C)C. The van der Waals surface area contributed by atoms with Crippen molar-refractivity contribution in [3.8, 4) is 0 Å². The largest absolute Gasteiger partial charge is 0.465 e. The molecule has 0 amide bonds. The van der Waals surface area contributed by atoms with Gasteiger partial charge in [-0.25, -0.2) is 8.42 Å². The zero-order valence-electron chi connectivity index (χ0n) is 10.5. The zero-order chi connectivity index (χ0) is 13.5. The highest BCUT2D eigenvalue weighted by Crippen LogP contribution is 1.97. The highest BCUT2D eigenvalue weighted by Gasteiger charge is 2.21. The maximum atomic E-state index is 11.5. The predicted octanol–water partition coefficient (Wildman–Crippen LogP) is -0.677. The van der Waals surface area contributed by atoms with Crippen molar-refractivity contribution in [2.24, 2.45) is 0 Å². The lowest BCUT2D eigenvalue weighted by Gasteiger charge is -2.13. The molecule has 6 nitrogen and oxygen atoms in total. The first-order chi connectivity index (χ1) is 7.76. The van der Waals surface area contributed by atoms with E-state index in [0.717, 1.165) is 0 Å². The van der Waals surface area contributed by atoms with Crippen LogP contribution >= 0.6 is 0 Å². The highest BCUT2D eigenvalue weighted by atomic mass is 32.2. The number of rotatable bonds is 8. The third-order valence-electron chi connectivity index (χ3n) is 1.85. The van der Waals surface area contributed by atoms with Gasteiger partial charge < -0.3 is 15.2 Å². The first-order valence-corrected chi connectivity index (χ1v) is 7.36. The molecular weight excluding hydrogens is 246 g/mol. The van der Waals surface area contributed by atoms with Crippen LogP contribution in [0.25, 0.3) is 0 Å². The molecule has 17 heavy (non-hydrogen) atoms. The van der Waals surface area contributed by atoms with Crippen LogP contribution in [0.2, 0.25) is 0 Å². The van der Waals surface area contributed by atoms with Crippen LogP contribution < -0.4 is 5.32 Å². The zero-order valence-corrected chi connectivity index (χ0v) is 11.3. The molecular formula is C10H21NO5S. The van der Waals surface area contributed by atoms with E-state index in [1.54, 1.807) is 6.92 Å². The number of sulfone groups is 1. The molecule has 0 aromatic rings. The Morgan fingerprint density at radius 2 is 2.00 bits per heavy atom. The second-order valence-electron chi connectivity index (χ2n) is 4.08. The van der Waals surface area contributed by atoms with Crippen molar-refractivity contribution < 1.29 is 23.1 Å². The second-order valence-corrected chi connectivity index (χ2v) is 6.19. The Balaban J connectivity index is 4.11. The minimum atomic E-state index is -3.61. The average Bonchev–Trinajstić information content (AvgIpc) is 2.13. The summed E-state index contributed by atoms with van der Waals surface area (Å²) in [4.78, 5) is 11.0. The number of hydrogen-bond acceptors (Lipinski definition) is 6. The van der Waals surface area contributed by atoms with Crippen LogP contribution in [0.5, 0.6) is 0 Å². The summed E-state index contributed by atoms with van der Waals surface area (Å²) in [5.74, 6) is -1.90. The van der Waals surface area contributed by atoms with E-state index in [-0.39, 0.29) is 19.2 Å². The summed E-state index contributed by atoms with van der Waals surface area (Å²) in [6, 6.07) is 0.164. The van der Waals surface area contributed by atoms with E-state index in [0.29, 0.717) is 0 Å². The fourth-order valence-electron chi connectivity index (χ4n) is 1.16. The van der Waals surface area contributed by atoms with Gasteiger partial charge in [0, 0.05) is 12.6 Å². The molecule has 0 aliphatic heterocycles. The third-order valence-corrected chi connectivity index (χ3v) is 3.42. The maximum absolute atomic E-state index is 11.5. The molecule has 0 saturated heterocycles. The number of carbonyl (C=O) groups is 1. The number of carbonyl (C=O) groups excluding carboxylic acids is 1.